The van der Waals surface area contributed by atoms with Gasteiger partial charge in [-0.05, 0) is 48.9 Å². The summed E-state index contributed by atoms with van der Waals surface area (Å²) in [6.45, 7) is 8.33. The third-order valence-electron chi connectivity index (χ3n) is 3.63. The Hall–Kier alpha value is -0.890. The Morgan fingerprint density at radius 2 is 2.00 bits per heavy atom. The van der Waals surface area contributed by atoms with Crippen molar-refractivity contribution in [1.82, 2.24) is 0 Å². The second-order valence-corrected chi connectivity index (χ2v) is 4.99. The number of benzene rings is 1. The number of halogens is 1. The number of nitrogens with two attached hydrogens (primary N) is 1. The molecule has 1 aromatic carbocycles. The molecule has 0 heterocycles. The van der Waals surface area contributed by atoms with Crippen LogP contribution in [0, 0.1) is 18.7 Å². The molecule has 0 radical (unpaired) electrons. The maximum Gasteiger partial charge on any atom is 0.123 e. The number of hydrogen-bond donors (Lipinski definition) is 1. The summed E-state index contributed by atoms with van der Waals surface area (Å²) in [5, 5.41) is 0. The number of rotatable bonds is 4. The Morgan fingerprint density at radius 3 is 2.44 bits per heavy atom. The fourth-order valence-corrected chi connectivity index (χ4v) is 1.95. The minimum atomic E-state index is -0.192. The Bertz CT molecular complexity index is 360. The van der Waals surface area contributed by atoms with Gasteiger partial charge in [-0.25, -0.2) is 4.39 Å². The van der Waals surface area contributed by atoms with Gasteiger partial charge >= 0.3 is 0 Å². The van der Waals surface area contributed by atoms with E-state index in [1.165, 1.54) is 6.07 Å². The Kier molecular flexibility index (Phi) is 4.09. The van der Waals surface area contributed by atoms with Gasteiger partial charge in [0, 0.05) is 5.54 Å². The molecule has 0 saturated carbocycles. The monoisotopic (exact) mass is 223 g/mol. The summed E-state index contributed by atoms with van der Waals surface area (Å²) in [5.74, 6) is 0.242. The lowest BCUT2D eigenvalue weighted by atomic mass is 9.79. The molecule has 0 saturated heterocycles. The standard InChI is InChI=1S/C14H22FN/c1-5-14(16,10(2)3)9-12-6-7-13(15)8-11(12)4/h6-8,10H,5,9,16H2,1-4H3. The van der Waals surface area contributed by atoms with E-state index in [1.54, 1.807) is 6.07 Å². The van der Waals surface area contributed by atoms with Crippen LogP contribution in [-0.2, 0) is 6.42 Å². The van der Waals surface area contributed by atoms with Crippen LogP contribution in [-0.4, -0.2) is 5.54 Å². The summed E-state index contributed by atoms with van der Waals surface area (Å²) in [7, 11) is 0. The zero-order valence-corrected chi connectivity index (χ0v) is 10.7. The van der Waals surface area contributed by atoms with Gasteiger partial charge in [0.1, 0.15) is 5.82 Å². The van der Waals surface area contributed by atoms with Crippen LogP contribution < -0.4 is 5.73 Å². The van der Waals surface area contributed by atoms with E-state index < -0.39 is 0 Å². The smallest absolute Gasteiger partial charge is 0.123 e. The van der Waals surface area contributed by atoms with Gasteiger partial charge < -0.3 is 5.73 Å². The average molecular weight is 223 g/mol. The lowest BCUT2D eigenvalue weighted by molar-refractivity contribution is 0.296. The van der Waals surface area contributed by atoms with E-state index in [-0.39, 0.29) is 11.4 Å². The highest BCUT2D eigenvalue weighted by Gasteiger charge is 2.27. The van der Waals surface area contributed by atoms with E-state index in [0.29, 0.717) is 5.92 Å². The van der Waals surface area contributed by atoms with Crippen LogP contribution in [0.3, 0.4) is 0 Å². The Morgan fingerprint density at radius 1 is 1.38 bits per heavy atom. The van der Waals surface area contributed by atoms with E-state index in [9.17, 15) is 4.39 Å². The van der Waals surface area contributed by atoms with Crippen LogP contribution in [0.25, 0.3) is 0 Å². The van der Waals surface area contributed by atoms with Crippen LogP contribution >= 0.6 is 0 Å². The molecule has 1 rings (SSSR count). The zero-order valence-electron chi connectivity index (χ0n) is 10.7. The molecule has 1 nitrogen and oxygen atoms in total. The fraction of sp³-hybridized carbons (Fsp3) is 0.571. The van der Waals surface area contributed by atoms with Gasteiger partial charge in [-0.15, -0.1) is 0 Å². The first kappa shape index (κ1) is 13.2. The second kappa shape index (κ2) is 4.96. The third kappa shape index (κ3) is 2.82. The van der Waals surface area contributed by atoms with Gasteiger partial charge in [0.25, 0.3) is 0 Å². The van der Waals surface area contributed by atoms with Crippen LogP contribution in [0.2, 0.25) is 0 Å². The maximum absolute atomic E-state index is 13.0. The molecule has 0 amide bonds. The molecule has 2 N–H and O–H groups in total. The first-order chi connectivity index (χ1) is 7.39. The Labute approximate surface area is 97.9 Å². The van der Waals surface area contributed by atoms with Crippen molar-refractivity contribution in [3.05, 3.63) is 35.1 Å². The summed E-state index contributed by atoms with van der Waals surface area (Å²) in [4.78, 5) is 0. The summed E-state index contributed by atoms with van der Waals surface area (Å²) in [6, 6.07) is 4.94. The van der Waals surface area contributed by atoms with Crippen molar-refractivity contribution in [3.8, 4) is 0 Å². The van der Waals surface area contributed by atoms with Crippen LogP contribution in [0.5, 0.6) is 0 Å². The van der Waals surface area contributed by atoms with Crippen molar-refractivity contribution in [1.29, 1.82) is 0 Å². The van der Waals surface area contributed by atoms with Gasteiger partial charge in [-0.2, -0.15) is 0 Å². The molecule has 0 aliphatic heterocycles. The van der Waals surface area contributed by atoms with E-state index in [1.807, 2.05) is 13.0 Å². The molecular formula is C14H22FN. The van der Waals surface area contributed by atoms with Gasteiger partial charge in [0.2, 0.25) is 0 Å². The summed E-state index contributed by atoms with van der Waals surface area (Å²) in [5.41, 5.74) is 8.34. The van der Waals surface area contributed by atoms with Crippen molar-refractivity contribution in [3.63, 3.8) is 0 Å². The molecule has 0 aromatic heterocycles. The average Bonchev–Trinajstić information content (AvgIpc) is 2.22. The van der Waals surface area contributed by atoms with Crippen molar-refractivity contribution >= 4 is 0 Å². The molecule has 1 atom stereocenters. The largest absolute Gasteiger partial charge is 0.325 e. The van der Waals surface area contributed by atoms with E-state index >= 15 is 0 Å². The minimum Gasteiger partial charge on any atom is -0.325 e. The highest BCUT2D eigenvalue weighted by atomic mass is 19.1. The van der Waals surface area contributed by atoms with Crippen molar-refractivity contribution in [2.45, 2.75) is 46.1 Å². The maximum atomic E-state index is 13.0. The second-order valence-electron chi connectivity index (χ2n) is 4.99. The lowest BCUT2D eigenvalue weighted by Gasteiger charge is -2.33. The summed E-state index contributed by atoms with van der Waals surface area (Å²) >= 11 is 0. The first-order valence-electron chi connectivity index (χ1n) is 5.93. The zero-order chi connectivity index (χ0) is 12.3. The van der Waals surface area contributed by atoms with E-state index in [2.05, 4.69) is 20.8 Å². The highest BCUT2D eigenvalue weighted by Crippen LogP contribution is 2.25. The highest BCUT2D eigenvalue weighted by molar-refractivity contribution is 5.28. The first-order valence-corrected chi connectivity index (χ1v) is 5.93. The topological polar surface area (TPSA) is 26.0 Å². The number of hydrogen-bond acceptors (Lipinski definition) is 1. The van der Waals surface area contributed by atoms with Gasteiger partial charge in [-0.3, -0.25) is 0 Å². The van der Waals surface area contributed by atoms with Crippen molar-refractivity contribution < 1.29 is 4.39 Å². The van der Waals surface area contributed by atoms with Gasteiger partial charge in [0.15, 0.2) is 0 Å². The van der Waals surface area contributed by atoms with Gasteiger partial charge in [-0.1, -0.05) is 26.8 Å². The van der Waals surface area contributed by atoms with Crippen LogP contribution in [0.15, 0.2) is 18.2 Å². The molecule has 16 heavy (non-hydrogen) atoms. The molecule has 0 spiro atoms. The molecule has 2 heteroatoms. The third-order valence-corrected chi connectivity index (χ3v) is 3.63. The molecule has 0 aliphatic carbocycles. The van der Waals surface area contributed by atoms with Crippen LogP contribution in [0.4, 0.5) is 4.39 Å². The predicted molar refractivity (Wildman–Crippen MR) is 66.9 cm³/mol. The van der Waals surface area contributed by atoms with E-state index in [0.717, 1.165) is 24.0 Å². The molecular weight excluding hydrogens is 201 g/mol. The molecule has 0 bridgehead atoms. The molecule has 0 fully saturated rings. The van der Waals surface area contributed by atoms with Crippen molar-refractivity contribution in [2.75, 3.05) is 0 Å². The fourth-order valence-electron chi connectivity index (χ4n) is 1.95. The molecule has 1 aromatic rings. The summed E-state index contributed by atoms with van der Waals surface area (Å²) in [6.07, 6.45) is 1.74. The number of aryl methyl sites for hydroxylation is 1. The quantitative estimate of drug-likeness (QED) is 0.831. The Balaban J connectivity index is 2.95. The molecule has 1 unspecified atom stereocenters. The van der Waals surface area contributed by atoms with Crippen LogP contribution in [0.1, 0.15) is 38.3 Å². The SMILES string of the molecule is CCC(N)(Cc1ccc(F)cc1C)C(C)C. The van der Waals surface area contributed by atoms with E-state index in [4.69, 9.17) is 5.73 Å². The summed E-state index contributed by atoms with van der Waals surface area (Å²) < 4.78 is 13.0. The molecule has 0 aliphatic rings. The lowest BCUT2D eigenvalue weighted by Crippen LogP contribution is -2.46. The van der Waals surface area contributed by atoms with Gasteiger partial charge in [0.05, 0.1) is 0 Å². The van der Waals surface area contributed by atoms with Crippen molar-refractivity contribution in [2.24, 2.45) is 11.7 Å². The molecule has 90 valence electrons. The predicted octanol–water partition coefficient (Wildman–Crippen LogP) is 3.44. The minimum absolute atomic E-state index is 0.176. The normalized spacial score (nSPS) is 15.2.